The molecule has 30 heavy (non-hydrogen) atoms. The van der Waals surface area contributed by atoms with Crippen LogP contribution in [0.5, 0.6) is 11.5 Å². The van der Waals surface area contributed by atoms with Crippen LogP contribution in [0.15, 0.2) is 41.0 Å². The Hall–Kier alpha value is -2.98. The number of carbonyl (C=O) groups excluding carboxylic acids is 2. The average Bonchev–Trinajstić information content (AvgIpc) is 3.38. The molecule has 4 rings (SSSR count). The van der Waals surface area contributed by atoms with Crippen LogP contribution in [0.4, 0.5) is 5.00 Å². The minimum atomic E-state index is -0.565. The number of primary amides is 1. The topological polar surface area (TPSA) is 108 Å². The fourth-order valence-electron chi connectivity index (χ4n) is 3.11. The molecule has 156 valence electrons. The lowest BCUT2D eigenvalue weighted by atomic mass is 10.1. The predicted octanol–water partition coefficient (Wildman–Crippen LogP) is 3.23. The average molecular weight is 445 g/mol. The second kappa shape index (κ2) is 8.80. The van der Waals surface area contributed by atoms with Gasteiger partial charge in [0.05, 0.1) is 23.2 Å². The molecule has 10 heteroatoms. The Morgan fingerprint density at radius 2 is 2.07 bits per heavy atom. The maximum absolute atomic E-state index is 12.4. The summed E-state index contributed by atoms with van der Waals surface area (Å²) in [5.74, 6) is 0.828. The Labute approximate surface area is 181 Å². The number of fused-ring (bicyclic) bond motifs is 1. The quantitative estimate of drug-likeness (QED) is 0.542. The second-order valence-electron chi connectivity index (χ2n) is 6.39. The van der Waals surface area contributed by atoms with Crippen LogP contribution in [0, 0.1) is 0 Å². The minimum Gasteiger partial charge on any atom is -0.486 e. The van der Waals surface area contributed by atoms with Gasteiger partial charge in [-0.25, -0.2) is 4.98 Å². The number of nitrogens with zero attached hydrogens (tertiary/aromatic N) is 2. The van der Waals surface area contributed by atoms with Gasteiger partial charge in [0.25, 0.3) is 5.91 Å². The van der Waals surface area contributed by atoms with Crippen molar-refractivity contribution in [3.8, 4) is 22.8 Å². The Morgan fingerprint density at radius 1 is 1.27 bits per heavy atom. The van der Waals surface area contributed by atoms with E-state index in [0.717, 1.165) is 27.9 Å². The number of ether oxygens (including phenoxy) is 2. The predicted molar refractivity (Wildman–Crippen MR) is 117 cm³/mol. The van der Waals surface area contributed by atoms with Crippen molar-refractivity contribution in [2.24, 2.45) is 5.73 Å². The molecule has 3 heterocycles. The summed E-state index contributed by atoms with van der Waals surface area (Å²) in [6, 6.07) is 7.41. The van der Waals surface area contributed by atoms with Crippen molar-refractivity contribution in [2.45, 2.75) is 18.6 Å². The van der Waals surface area contributed by atoms with E-state index < -0.39 is 5.91 Å². The number of rotatable bonds is 7. The van der Waals surface area contributed by atoms with E-state index in [9.17, 15) is 9.59 Å². The van der Waals surface area contributed by atoms with E-state index in [1.54, 1.807) is 17.6 Å². The Morgan fingerprint density at radius 3 is 2.83 bits per heavy atom. The van der Waals surface area contributed by atoms with Crippen LogP contribution in [0.2, 0.25) is 0 Å². The lowest BCUT2D eigenvalue weighted by molar-refractivity contribution is -0.113. The van der Waals surface area contributed by atoms with Crippen LogP contribution in [0.25, 0.3) is 11.3 Å². The van der Waals surface area contributed by atoms with Crippen LogP contribution in [0.3, 0.4) is 0 Å². The van der Waals surface area contributed by atoms with Gasteiger partial charge in [-0.15, -0.1) is 11.3 Å². The van der Waals surface area contributed by atoms with Crippen LogP contribution in [-0.2, 0) is 11.3 Å². The lowest BCUT2D eigenvalue weighted by Crippen LogP contribution is -2.18. The molecule has 0 saturated carbocycles. The van der Waals surface area contributed by atoms with E-state index in [1.165, 1.54) is 23.1 Å². The van der Waals surface area contributed by atoms with Gasteiger partial charge < -0.3 is 25.1 Å². The first-order valence-corrected chi connectivity index (χ1v) is 11.2. The molecular formula is C20H20N4O4S2. The molecular weight excluding hydrogens is 424 g/mol. The molecule has 1 aliphatic rings. The Kier molecular flexibility index (Phi) is 5.96. The normalized spacial score (nSPS) is 12.6. The minimum absolute atomic E-state index is 0.160. The van der Waals surface area contributed by atoms with Gasteiger partial charge in [0, 0.05) is 12.1 Å². The summed E-state index contributed by atoms with van der Waals surface area (Å²) in [5.41, 5.74) is 7.54. The lowest BCUT2D eigenvalue weighted by Gasteiger charge is -2.19. The number of thiophene rings is 1. The molecule has 0 bridgehead atoms. The summed E-state index contributed by atoms with van der Waals surface area (Å²) in [6.07, 6.45) is 1.79. The zero-order valence-electron chi connectivity index (χ0n) is 16.2. The van der Waals surface area contributed by atoms with E-state index >= 15 is 0 Å². The molecule has 1 aromatic carbocycles. The van der Waals surface area contributed by atoms with Crippen molar-refractivity contribution in [3.05, 3.63) is 41.4 Å². The number of nitrogens with one attached hydrogen (secondary N) is 1. The zero-order chi connectivity index (χ0) is 21.1. The monoisotopic (exact) mass is 444 g/mol. The molecule has 0 atom stereocenters. The first-order chi connectivity index (χ1) is 14.6. The summed E-state index contributed by atoms with van der Waals surface area (Å²) in [4.78, 5) is 28.2. The first kappa shape index (κ1) is 20.3. The van der Waals surface area contributed by atoms with Crippen molar-refractivity contribution in [1.29, 1.82) is 0 Å². The van der Waals surface area contributed by atoms with E-state index in [2.05, 4.69) is 10.3 Å². The largest absolute Gasteiger partial charge is 0.486 e. The molecule has 0 radical (unpaired) electrons. The van der Waals surface area contributed by atoms with Crippen molar-refractivity contribution in [2.75, 3.05) is 24.3 Å². The van der Waals surface area contributed by atoms with Gasteiger partial charge in [0.2, 0.25) is 5.91 Å². The van der Waals surface area contributed by atoms with Crippen LogP contribution < -0.4 is 20.5 Å². The van der Waals surface area contributed by atoms with Crippen LogP contribution in [-0.4, -0.2) is 40.3 Å². The molecule has 2 aromatic heterocycles. The fraction of sp³-hybridized carbons (Fsp3) is 0.250. The SMILES string of the molecule is CCn1c(-c2ccc3c(c2)OCCO3)cnc1SCC(=O)Nc1sccc1C(N)=O. The van der Waals surface area contributed by atoms with E-state index in [4.69, 9.17) is 15.2 Å². The van der Waals surface area contributed by atoms with Crippen molar-refractivity contribution in [1.82, 2.24) is 9.55 Å². The van der Waals surface area contributed by atoms with E-state index in [1.807, 2.05) is 29.7 Å². The number of hydrogen-bond acceptors (Lipinski definition) is 7. The smallest absolute Gasteiger partial charge is 0.251 e. The third-order valence-electron chi connectivity index (χ3n) is 4.49. The van der Waals surface area contributed by atoms with Crippen LogP contribution in [0.1, 0.15) is 17.3 Å². The molecule has 2 amide bonds. The Balaban J connectivity index is 1.47. The molecule has 0 fully saturated rings. The highest BCUT2D eigenvalue weighted by atomic mass is 32.2. The highest BCUT2D eigenvalue weighted by molar-refractivity contribution is 7.99. The van der Waals surface area contributed by atoms with E-state index in [-0.39, 0.29) is 11.7 Å². The van der Waals surface area contributed by atoms with Gasteiger partial charge in [-0.2, -0.15) is 0 Å². The number of aromatic nitrogens is 2. The summed E-state index contributed by atoms with van der Waals surface area (Å²) < 4.78 is 13.3. The van der Waals surface area contributed by atoms with Gasteiger partial charge in [-0.3, -0.25) is 9.59 Å². The third kappa shape index (κ3) is 4.14. The standard InChI is InChI=1S/C20H20N4O4S2/c1-2-24-14(12-3-4-15-16(9-12)28-7-6-27-15)10-22-20(24)30-11-17(25)23-19-13(18(21)26)5-8-29-19/h3-5,8-10H,2,6-7,11H2,1H3,(H2,21,26)(H,23,25). The van der Waals surface area contributed by atoms with Crippen molar-refractivity contribution >= 4 is 39.9 Å². The summed E-state index contributed by atoms with van der Waals surface area (Å²) in [6.45, 7) is 3.80. The molecule has 8 nitrogen and oxygen atoms in total. The maximum Gasteiger partial charge on any atom is 0.251 e. The molecule has 0 spiro atoms. The zero-order valence-corrected chi connectivity index (χ0v) is 17.8. The van der Waals surface area contributed by atoms with Gasteiger partial charge >= 0.3 is 0 Å². The number of nitrogens with two attached hydrogens (primary N) is 1. The summed E-state index contributed by atoms with van der Waals surface area (Å²) in [5, 5.41) is 5.65. The fourth-order valence-corrected chi connectivity index (χ4v) is 4.76. The molecule has 0 saturated heterocycles. The van der Waals surface area contributed by atoms with Gasteiger partial charge in [0.15, 0.2) is 16.7 Å². The molecule has 3 aromatic rings. The number of hydrogen-bond donors (Lipinski definition) is 2. The van der Waals surface area contributed by atoms with Crippen molar-refractivity contribution < 1.29 is 19.1 Å². The molecule has 0 unspecified atom stereocenters. The van der Waals surface area contributed by atoms with Gasteiger partial charge in [-0.05, 0) is 36.6 Å². The maximum atomic E-state index is 12.4. The van der Waals surface area contributed by atoms with Crippen molar-refractivity contribution in [3.63, 3.8) is 0 Å². The number of imidazole rings is 1. The summed E-state index contributed by atoms with van der Waals surface area (Å²) in [7, 11) is 0. The number of amides is 2. The number of anilines is 1. The second-order valence-corrected chi connectivity index (χ2v) is 8.25. The summed E-state index contributed by atoms with van der Waals surface area (Å²) >= 11 is 2.60. The van der Waals surface area contributed by atoms with Gasteiger partial charge in [0.1, 0.15) is 18.2 Å². The third-order valence-corrected chi connectivity index (χ3v) is 6.31. The molecule has 1 aliphatic heterocycles. The van der Waals surface area contributed by atoms with Crippen LogP contribution >= 0.6 is 23.1 Å². The molecule has 3 N–H and O–H groups in total. The first-order valence-electron chi connectivity index (χ1n) is 9.32. The number of carbonyl (C=O) groups is 2. The van der Waals surface area contributed by atoms with Gasteiger partial charge in [-0.1, -0.05) is 11.8 Å². The highest BCUT2D eigenvalue weighted by Gasteiger charge is 2.18. The number of benzene rings is 1. The molecule has 0 aliphatic carbocycles. The van der Waals surface area contributed by atoms with E-state index in [0.29, 0.717) is 30.3 Å². The number of thioether (sulfide) groups is 1. The Bertz CT molecular complexity index is 1090. The highest BCUT2D eigenvalue weighted by Crippen LogP contribution is 2.35.